The van der Waals surface area contributed by atoms with Crippen LogP contribution in [0.15, 0.2) is 28.7 Å². The van der Waals surface area contributed by atoms with Gasteiger partial charge in [0.1, 0.15) is 5.58 Å². The Morgan fingerprint density at radius 1 is 1.26 bits per heavy atom. The smallest absolute Gasteiger partial charge is 0.371 e. The number of carboxylic acid groups (broad SMARTS) is 1. The Bertz CT molecular complexity index is 612. The topological polar surface area (TPSA) is 56.9 Å². The SMILES string of the molecule is CN1CCN(c2cccc3oc(C(=O)O)cc23)CC1. The third-order valence-electron chi connectivity index (χ3n) is 3.59. The van der Waals surface area contributed by atoms with E-state index in [9.17, 15) is 4.79 Å². The zero-order valence-corrected chi connectivity index (χ0v) is 10.8. The molecule has 1 aliphatic rings. The van der Waals surface area contributed by atoms with Gasteiger partial charge in [-0.1, -0.05) is 6.07 Å². The molecule has 19 heavy (non-hydrogen) atoms. The molecule has 0 spiro atoms. The predicted octanol–water partition coefficient (Wildman–Crippen LogP) is 1.88. The van der Waals surface area contributed by atoms with E-state index in [0.29, 0.717) is 5.58 Å². The van der Waals surface area contributed by atoms with E-state index < -0.39 is 5.97 Å². The molecule has 0 aliphatic carbocycles. The van der Waals surface area contributed by atoms with Crippen molar-refractivity contribution in [3.8, 4) is 0 Å². The second-order valence-electron chi connectivity index (χ2n) is 4.90. The first kappa shape index (κ1) is 12.0. The average molecular weight is 260 g/mol. The van der Waals surface area contributed by atoms with Crippen molar-refractivity contribution in [3.63, 3.8) is 0 Å². The highest BCUT2D eigenvalue weighted by atomic mass is 16.4. The molecule has 1 N–H and O–H groups in total. The van der Waals surface area contributed by atoms with Crippen LogP contribution in [-0.2, 0) is 0 Å². The summed E-state index contributed by atoms with van der Waals surface area (Å²) in [7, 11) is 2.11. The molecule has 1 fully saturated rings. The quantitative estimate of drug-likeness (QED) is 0.893. The van der Waals surface area contributed by atoms with Crippen LogP contribution in [0, 0.1) is 0 Å². The second-order valence-corrected chi connectivity index (χ2v) is 4.90. The van der Waals surface area contributed by atoms with E-state index in [-0.39, 0.29) is 5.76 Å². The maximum Gasteiger partial charge on any atom is 0.371 e. The van der Waals surface area contributed by atoms with Crippen molar-refractivity contribution in [2.24, 2.45) is 0 Å². The van der Waals surface area contributed by atoms with Crippen molar-refractivity contribution < 1.29 is 14.3 Å². The van der Waals surface area contributed by atoms with Gasteiger partial charge >= 0.3 is 5.97 Å². The molecule has 0 radical (unpaired) electrons. The number of carbonyl (C=O) groups is 1. The fraction of sp³-hybridized carbons (Fsp3) is 0.357. The number of fused-ring (bicyclic) bond motifs is 1. The summed E-state index contributed by atoms with van der Waals surface area (Å²) in [5.74, 6) is -1.03. The van der Waals surface area contributed by atoms with Crippen LogP contribution in [0.5, 0.6) is 0 Å². The van der Waals surface area contributed by atoms with Gasteiger partial charge < -0.3 is 19.3 Å². The molecule has 5 nitrogen and oxygen atoms in total. The zero-order chi connectivity index (χ0) is 13.4. The minimum atomic E-state index is -1.03. The second kappa shape index (κ2) is 4.59. The number of piperazine rings is 1. The standard InChI is InChI=1S/C14H16N2O3/c1-15-5-7-16(8-6-15)11-3-2-4-12-10(11)9-13(19-12)14(17)18/h2-4,9H,5-8H2,1H3,(H,17,18). The molecule has 0 amide bonds. The molecular weight excluding hydrogens is 244 g/mol. The van der Waals surface area contributed by atoms with E-state index in [1.165, 1.54) is 0 Å². The van der Waals surface area contributed by atoms with Crippen LogP contribution in [0.25, 0.3) is 11.0 Å². The molecule has 0 saturated carbocycles. The summed E-state index contributed by atoms with van der Waals surface area (Å²) in [6.07, 6.45) is 0. The highest BCUT2D eigenvalue weighted by molar-refractivity contribution is 5.97. The molecule has 2 heterocycles. The molecule has 1 aromatic heterocycles. The van der Waals surface area contributed by atoms with Crippen molar-refractivity contribution in [2.45, 2.75) is 0 Å². The first-order valence-electron chi connectivity index (χ1n) is 6.34. The van der Waals surface area contributed by atoms with Crippen LogP contribution < -0.4 is 4.90 Å². The fourth-order valence-electron chi connectivity index (χ4n) is 2.47. The van der Waals surface area contributed by atoms with Crippen LogP contribution in [0.2, 0.25) is 0 Å². The predicted molar refractivity (Wildman–Crippen MR) is 72.9 cm³/mol. The molecule has 0 unspecified atom stereocenters. The minimum absolute atomic E-state index is 0.00317. The summed E-state index contributed by atoms with van der Waals surface area (Å²) in [5, 5.41) is 9.89. The van der Waals surface area contributed by atoms with Crippen LogP contribution in [0.3, 0.4) is 0 Å². The Balaban J connectivity index is 2.01. The van der Waals surface area contributed by atoms with Crippen LogP contribution in [-0.4, -0.2) is 49.2 Å². The van der Waals surface area contributed by atoms with Gasteiger partial charge in [0.2, 0.25) is 5.76 Å². The maximum absolute atomic E-state index is 11.0. The highest BCUT2D eigenvalue weighted by Crippen LogP contribution is 2.30. The molecule has 0 atom stereocenters. The van der Waals surface area contributed by atoms with Gasteiger partial charge in [0.25, 0.3) is 0 Å². The number of furan rings is 1. The maximum atomic E-state index is 11.0. The summed E-state index contributed by atoms with van der Waals surface area (Å²) in [6.45, 7) is 3.92. The summed E-state index contributed by atoms with van der Waals surface area (Å²) < 4.78 is 5.35. The van der Waals surface area contributed by atoms with Crippen LogP contribution >= 0.6 is 0 Å². The van der Waals surface area contributed by atoms with Crippen molar-refractivity contribution >= 4 is 22.6 Å². The number of carboxylic acids is 1. The third-order valence-corrected chi connectivity index (χ3v) is 3.59. The van der Waals surface area contributed by atoms with Crippen molar-refractivity contribution in [3.05, 3.63) is 30.0 Å². The molecule has 1 aromatic carbocycles. The lowest BCUT2D eigenvalue weighted by molar-refractivity contribution is 0.0665. The number of nitrogens with zero attached hydrogens (tertiary/aromatic N) is 2. The molecule has 100 valence electrons. The Morgan fingerprint density at radius 3 is 2.68 bits per heavy atom. The highest BCUT2D eigenvalue weighted by Gasteiger charge is 2.19. The largest absolute Gasteiger partial charge is 0.475 e. The van der Waals surface area contributed by atoms with Gasteiger partial charge in [0, 0.05) is 43.3 Å². The van der Waals surface area contributed by atoms with E-state index in [1.807, 2.05) is 12.1 Å². The normalized spacial score (nSPS) is 17.0. The number of aromatic carboxylic acids is 1. The fourth-order valence-corrected chi connectivity index (χ4v) is 2.47. The van der Waals surface area contributed by atoms with Gasteiger partial charge in [0.05, 0.1) is 0 Å². The summed E-state index contributed by atoms with van der Waals surface area (Å²) >= 11 is 0. The summed E-state index contributed by atoms with van der Waals surface area (Å²) in [6, 6.07) is 7.35. The van der Waals surface area contributed by atoms with Gasteiger partial charge in [-0.05, 0) is 19.2 Å². The molecule has 1 saturated heterocycles. The van der Waals surface area contributed by atoms with Crippen LogP contribution in [0.4, 0.5) is 5.69 Å². The van der Waals surface area contributed by atoms with Gasteiger partial charge in [-0.2, -0.15) is 0 Å². The first-order chi connectivity index (χ1) is 9.15. The zero-order valence-electron chi connectivity index (χ0n) is 10.8. The third kappa shape index (κ3) is 2.17. The number of hydrogen-bond acceptors (Lipinski definition) is 4. The number of anilines is 1. The molecule has 2 aromatic rings. The van der Waals surface area contributed by atoms with E-state index in [2.05, 4.69) is 16.8 Å². The van der Waals surface area contributed by atoms with Crippen molar-refractivity contribution in [2.75, 3.05) is 38.1 Å². The van der Waals surface area contributed by atoms with E-state index in [4.69, 9.17) is 9.52 Å². The Hall–Kier alpha value is -2.01. The lowest BCUT2D eigenvalue weighted by atomic mass is 10.1. The molecule has 1 aliphatic heterocycles. The summed E-state index contributed by atoms with van der Waals surface area (Å²) in [4.78, 5) is 15.6. The van der Waals surface area contributed by atoms with E-state index >= 15 is 0 Å². The lowest BCUT2D eigenvalue weighted by Crippen LogP contribution is -2.44. The average Bonchev–Trinajstić information content (AvgIpc) is 2.83. The van der Waals surface area contributed by atoms with Gasteiger partial charge in [-0.15, -0.1) is 0 Å². The van der Waals surface area contributed by atoms with Gasteiger partial charge in [-0.25, -0.2) is 4.79 Å². The molecule has 0 bridgehead atoms. The Morgan fingerprint density at radius 2 is 2.00 bits per heavy atom. The van der Waals surface area contributed by atoms with Crippen LogP contribution in [0.1, 0.15) is 10.6 Å². The minimum Gasteiger partial charge on any atom is -0.475 e. The molecule has 5 heteroatoms. The van der Waals surface area contributed by atoms with Crippen molar-refractivity contribution in [1.29, 1.82) is 0 Å². The van der Waals surface area contributed by atoms with Gasteiger partial charge in [0.15, 0.2) is 0 Å². The summed E-state index contributed by atoms with van der Waals surface area (Å²) in [5.41, 5.74) is 1.69. The van der Waals surface area contributed by atoms with Crippen molar-refractivity contribution in [1.82, 2.24) is 4.90 Å². The number of rotatable bonds is 2. The lowest BCUT2D eigenvalue weighted by Gasteiger charge is -2.34. The number of hydrogen-bond donors (Lipinski definition) is 1. The number of likely N-dealkylation sites (N-methyl/N-ethyl adjacent to an activating group) is 1. The molecular formula is C14H16N2O3. The van der Waals surface area contributed by atoms with E-state index in [1.54, 1.807) is 12.1 Å². The first-order valence-corrected chi connectivity index (χ1v) is 6.34. The monoisotopic (exact) mass is 260 g/mol. The molecule has 3 rings (SSSR count). The van der Waals surface area contributed by atoms with E-state index in [0.717, 1.165) is 37.3 Å². The van der Waals surface area contributed by atoms with Gasteiger partial charge in [-0.3, -0.25) is 0 Å². The Kier molecular flexibility index (Phi) is 2.91. The Labute approximate surface area is 111 Å². The number of benzene rings is 1.